The first kappa shape index (κ1) is 14.1. The monoisotopic (exact) mass is 260 g/mol. The predicted octanol–water partition coefficient (Wildman–Crippen LogP) is 2.97. The molecule has 0 aliphatic carbocycles. The number of hydrogen-bond donors (Lipinski definition) is 2. The molecule has 0 saturated carbocycles. The summed E-state index contributed by atoms with van der Waals surface area (Å²) < 4.78 is 0. The molecule has 0 aromatic heterocycles. The summed E-state index contributed by atoms with van der Waals surface area (Å²) in [6.45, 7) is 4.17. The molecule has 1 aromatic carbocycles. The van der Waals surface area contributed by atoms with Crippen LogP contribution in [0.4, 0.5) is 5.69 Å². The van der Waals surface area contributed by atoms with Crippen LogP contribution in [0, 0.1) is 5.92 Å². The highest BCUT2D eigenvalue weighted by atomic mass is 16.1. The lowest BCUT2D eigenvalue weighted by molar-refractivity contribution is -0.117. The van der Waals surface area contributed by atoms with Crippen LogP contribution in [0.1, 0.15) is 38.2 Å². The standard InChI is InChI=1S/C16H24N2O/c1-2-3-4-5-13-6-8-15(9-7-13)18-16(19)10-14-11-17-12-14/h6-9,14,17H,2-5,10-12H2,1H3,(H,18,19). The number of anilines is 1. The largest absolute Gasteiger partial charge is 0.326 e. The van der Waals surface area contributed by atoms with Crippen molar-refractivity contribution < 1.29 is 4.79 Å². The smallest absolute Gasteiger partial charge is 0.224 e. The summed E-state index contributed by atoms with van der Waals surface area (Å²) in [5.74, 6) is 0.651. The van der Waals surface area contributed by atoms with Gasteiger partial charge in [-0.05, 0) is 49.5 Å². The fourth-order valence-corrected chi connectivity index (χ4v) is 2.30. The van der Waals surface area contributed by atoms with Gasteiger partial charge in [-0.1, -0.05) is 31.9 Å². The summed E-state index contributed by atoms with van der Waals surface area (Å²) in [7, 11) is 0. The second kappa shape index (κ2) is 7.29. The number of amides is 1. The van der Waals surface area contributed by atoms with Gasteiger partial charge >= 0.3 is 0 Å². The second-order valence-electron chi connectivity index (χ2n) is 5.43. The summed E-state index contributed by atoms with van der Waals surface area (Å²) in [4.78, 5) is 11.8. The van der Waals surface area contributed by atoms with Crippen molar-refractivity contribution in [2.75, 3.05) is 18.4 Å². The molecule has 3 heteroatoms. The average Bonchev–Trinajstić information content (AvgIpc) is 2.36. The van der Waals surface area contributed by atoms with Crippen LogP contribution < -0.4 is 10.6 Å². The molecule has 1 heterocycles. The van der Waals surface area contributed by atoms with Gasteiger partial charge in [-0.15, -0.1) is 0 Å². The van der Waals surface area contributed by atoms with E-state index in [1.807, 2.05) is 12.1 Å². The van der Waals surface area contributed by atoms with E-state index in [-0.39, 0.29) is 5.91 Å². The highest BCUT2D eigenvalue weighted by molar-refractivity contribution is 5.90. The Kier molecular flexibility index (Phi) is 5.40. The average molecular weight is 260 g/mol. The first-order chi connectivity index (χ1) is 9.28. The summed E-state index contributed by atoms with van der Waals surface area (Å²) in [6, 6.07) is 8.27. The van der Waals surface area contributed by atoms with Crippen LogP contribution in [-0.2, 0) is 11.2 Å². The first-order valence-corrected chi connectivity index (χ1v) is 7.37. The molecule has 0 spiro atoms. The topological polar surface area (TPSA) is 41.1 Å². The van der Waals surface area contributed by atoms with Crippen molar-refractivity contribution in [3.63, 3.8) is 0 Å². The number of unbranched alkanes of at least 4 members (excludes halogenated alkanes) is 2. The summed E-state index contributed by atoms with van der Waals surface area (Å²) in [6.07, 6.45) is 5.55. The Morgan fingerprint density at radius 3 is 2.58 bits per heavy atom. The van der Waals surface area contributed by atoms with Gasteiger partial charge in [0.2, 0.25) is 5.91 Å². The van der Waals surface area contributed by atoms with Gasteiger partial charge < -0.3 is 10.6 Å². The summed E-state index contributed by atoms with van der Waals surface area (Å²) >= 11 is 0. The molecule has 1 amide bonds. The van der Waals surface area contributed by atoms with Crippen molar-refractivity contribution in [1.29, 1.82) is 0 Å². The Bertz CT molecular complexity index is 396. The number of aryl methyl sites for hydroxylation is 1. The highest BCUT2D eigenvalue weighted by Gasteiger charge is 2.19. The zero-order valence-electron chi connectivity index (χ0n) is 11.7. The fraction of sp³-hybridized carbons (Fsp3) is 0.562. The number of carbonyl (C=O) groups excluding carboxylic acids is 1. The van der Waals surface area contributed by atoms with Crippen LogP contribution in [-0.4, -0.2) is 19.0 Å². The van der Waals surface area contributed by atoms with Crippen molar-refractivity contribution in [1.82, 2.24) is 5.32 Å². The van der Waals surface area contributed by atoms with Crippen LogP contribution in [0.5, 0.6) is 0 Å². The molecular formula is C16H24N2O. The molecule has 1 aliphatic heterocycles. The van der Waals surface area contributed by atoms with Crippen molar-refractivity contribution in [3.05, 3.63) is 29.8 Å². The van der Waals surface area contributed by atoms with Gasteiger partial charge in [0.25, 0.3) is 0 Å². The molecule has 0 unspecified atom stereocenters. The number of rotatable bonds is 7. The van der Waals surface area contributed by atoms with E-state index >= 15 is 0 Å². The third-order valence-corrected chi connectivity index (χ3v) is 3.65. The van der Waals surface area contributed by atoms with Crippen LogP contribution in [0.25, 0.3) is 0 Å². The molecule has 2 rings (SSSR count). The van der Waals surface area contributed by atoms with Crippen LogP contribution in [0.3, 0.4) is 0 Å². The molecule has 0 atom stereocenters. The lowest BCUT2D eigenvalue weighted by Gasteiger charge is -2.26. The van der Waals surface area contributed by atoms with Crippen LogP contribution >= 0.6 is 0 Å². The van der Waals surface area contributed by atoms with Crippen LogP contribution in [0.15, 0.2) is 24.3 Å². The van der Waals surface area contributed by atoms with E-state index in [9.17, 15) is 4.79 Å². The van der Waals surface area contributed by atoms with Crippen LogP contribution in [0.2, 0.25) is 0 Å². The summed E-state index contributed by atoms with van der Waals surface area (Å²) in [5, 5.41) is 6.15. The number of hydrogen-bond acceptors (Lipinski definition) is 2. The molecule has 1 aromatic rings. The quantitative estimate of drug-likeness (QED) is 0.740. The maximum Gasteiger partial charge on any atom is 0.224 e. The predicted molar refractivity (Wildman–Crippen MR) is 79.3 cm³/mol. The SMILES string of the molecule is CCCCCc1ccc(NC(=O)CC2CNC2)cc1. The Morgan fingerprint density at radius 2 is 2.00 bits per heavy atom. The maximum atomic E-state index is 11.8. The Balaban J connectivity index is 1.75. The molecule has 19 heavy (non-hydrogen) atoms. The van der Waals surface area contributed by atoms with Crippen molar-refractivity contribution >= 4 is 11.6 Å². The minimum absolute atomic E-state index is 0.130. The lowest BCUT2D eigenvalue weighted by atomic mass is 9.99. The van der Waals surface area contributed by atoms with Gasteiger partial charge in [0.05, 0.1) is 0 Å². The Morgan fingerprint density at radius 1 is 1.26 bits per heavy atom. The van der Waals surface area contributed by atoms with E-state index in [2.05, 4.69) is 29.7 Å². The van der Waals surface area contributed by atoms with Crippen molar-refractivity contribution in [2.24, 2.45) is 5.92 Å². The third-order valence-electron chi connectivity index (χ3n) is 3.65. The molecule has 0 radical (unpaired) electrons. The third kappa shape index (κ3) is 4.67. The molecule has 2 N–H and O–H groups in total. The van der Waals surface area contributed by atoms with Gasteiger partial charge in [-0.3, -0.25) is 4.79 Å². The molecule has 1 aliphatic rings. The Labute approximate surface area is 115 Å². The normalized spacial score (nSPS) is 15.0. The van der Waals surface area contributed by atoms with Gasteiger partial charge in [-0.2, -0.15) is 0 Å². The number of nitrogens with one attached hydrogen (secondary N) is 2. The Hall–Kier alpha value is -1.35. The molecule has 0 bridgehead atoms. The second-order valence-corrected chi connectivity index (χ2v) is 5.43. The van der Waals surface area contributed by atoms with E-state index < -0.39 is 0 Å². The molecular weight excluding hydrogens is 236 g/mol. The lowest BCUT2D eigenvalue weighted by Crippen LogP contribution is -2.43. The van der Waals surface area contributed by atoms with E-state index in [4.69, 9.17) is 0 Å². The van der Waals surface area contributed by atoms with Gasteiger partial charge in [0, 0.05) is 12.1 Å². The van der Waals surface area contributed by atoms with E-state index in [0.29, 0.717) is 12.3 Å². The van der Waals surface area contributed by atoms with E-state index in [1.54, 1.807) is 0 Å². The molecule has 1 saturated heterocycles. The van der Waals surface area contributed by atoms with Gasteiger partial charge in [-0.25, -0.2) is 0 Å². The van der Waals surface area contributed by atoms with Crippen molar-refractivity contribution in [3.8, 4) is 0 Å². The number of carbonyl (C=O) groups is 1. The minimum Gasteiger partial charge on any atom is -0.326 e. The van der Waals surface area contributed by atoms with Gasteiger partial charge in [0.1, 0.15) is 0 Å². The minimum atomic E-state index is 0.130. The highest BCUT2D eigenvalue weighted by Crippen LogP contribution is 2.14. The van der Waals surface area contributed by atoms with Crippen molar-refractivity contribution in [2.45, 2.75) is 39.0 Å². The zero-order chi connectivity index (χ0) is 13.5. The molecule has 104 valence electrons. The summed E-state index contributed by atoms with van der Waals surface area (Å²) in [5.41, 5.74) is 2.27. The van der Waals surface area contributed by atoms with Gasteiger partial charge in [0.15, 0.2) is 0 Å². The first-order valence-electron chi connectivity index (χ1n) is 7.37. The number of benzene rings is 1. The maximum absolute atomic E-state index is 11.8. The van der Waals surface area contributed by atoms with E-state index in [1.165, 1.54) is 24.8 Å². The zero-order valence-corrected chi connectivity index (χ0v) is 11.7. The van der Waals surface area contributed by atoms with E-state index in [0.717, 1.165) is 25.2 Å². The molecule has 1 fully saturated rings. The fourth-order valence-electron chi connectivity index (χ4n) is 2.30. The molecule has 3 nitrogen and oxygen atoms in total.